The SMILES string of the molecule is c1ccc(-c2nc(-c3ccccc3)nc(-c3cccc4cc5c(-c6ccc7c(c6)c6cccc8c9cccc%10cccc(c%109)n7c86)ccnc5cc34)n2)cc1. The van der Waals surface area contributed by atoms with E-state index in [2.05, 4.69) is 114 Å². The Hall–Kier alpha value is -7.50. The second-order valence-corrected chi connectivity index (χ2v) is 14.2. The Bertz CT molecular complexity index is 3420. The highest BCUT2D eigenvalue weighted by atomic mass is 15.0. The van der Waals surface area contributed by atoms with E-state index in [1.165, 1.54) is 48.9 Å². The molecule has 8 aromatic carbocycles. The maximum atomic E-state index is 5.05. The molecule has 0 aliphatic rings. The lowest BCUT2D eigenvalue weighted by molar-refractivity contribution is 1.08. The fourth-order valence-corrected chi connectivity index (χ4v) is 8.73. The fourth-order valence-electron chi connectivity index (χ4n) is 8.73. The van der Waals surface area contributed by atoms with Crippen LogP contribution < -0.4 is 0 Å². The van der Waals surface area contributed by atoms with Crippen molar-refractivity contribution in [2.45, 2.75) is 0 Å². The molecule has 0 radical (unpaired) electrons. The highest BCUT2D eigenvalue weighted by Crippen LogP contribution is 2.42. The van der Waals surface area contributed by atoms with E-state index in [4.69, 9.17) is 19.9 Å². The molecule has 0 spiro atoms. The molecule has 0 N–H and O–H groups in total. The first kappa shape index (κ1) is 30.0. The Morgan fingerprint density at radius 2 is 1.02 bits per heavy atom. The van der Waals surface area contributed by atoms with Crippen molar-refractivity contribution in [3.05, 3.63) is 176 Å². The van der Waals surface area contributed by atoms with Gasteiger partial charge in [0.15, 0.2) is 17.5 Å². The second-order valence-electron chi connectivity index (χ2n) is 14.2. The van der Waals surface area contributed by atoms with Crippen LogP contribution in [-0.4, -0.2) is 24.3 Å². The molecule has 0 saturated carbocycles. The quantitative estimate of drug-likeness (QED) is 0.136. The summed E-state index contributed by atoms with van der Waals surface area (Å²) in [7, 11) is 0. The van der Waals surface area contributed by atoms with Crippen LogP contribution in [0.4, 0.5) is 0 Å². The molecule has 55 heavy (non-hydrogen) atoms. The van der Waals surface area contributed by atoms with Gasteiger partial charge in [0.05, 0.1) is 22.1 Å². The third-order valence-electron chi connectivity index (χ3n) is 11.2. The van der Waals surface area contributed by atoms with Gasteiger partial charge in [-0.2, -0.15) is 0 Å². The normalized spacial score (nSPS) is 12.0. The number of hydrogen-bond donors (Lipinski definition) is 0. The summed E-state index contributed by atoms with van der Waals surface area (Å²) in [5.74, 6) is 1.91. The Kier molecular flexibility index (Phi) is 6.27. The van der Waals surface area contributed by atoms with E-state index in [1.54, 1.807) is 0 Å². The van der Waals surface area contributed by atoms with Crippen molar-refractivity contribution in [1.82, 2.24) is 24.3 Å². The minimum absolute atomic E-state index is 0.630. The summed E-state index contributed by atoms with van der Waals surface area (Å²) in [6.07, 6.45) is 1.92. The third-order valence-corrected chi connectivity index (χ3v) is 11.2. The molecule has 12 rings (SSSR count). The van der Waals surface area contributed by atoms with Crippen LogP contribution in [0.1, 0.15) is 0 Å². The average Bonchev–Trinajstić information content (AvgIpc) is 3.59. The van der Waals surface area contributed by atoms with Crippen molar-refractivity contribution in [1.29, 1.82) is 0 Å². The van der Waals surface area contributed by atoms with Crippen LogP contribution in [0.3, 0.4) is 0 Å². The van der Waals surface area contributed by atoms with Gasteiger partial charge in [0, 0.05) is 49.8 Å². The summed E-state index contributed by atoms with van der Waals surface area (Å²) in [5.41, 5.74) is 9.77. The van der Waals surface area contributed by atoms with Crippen molar-refractivity contribution >= 4 is 70.5 Å². The van der Waals surface area contributed by atoms with Gasteiger partial charge in [-0.05, 0) is 69.1 Å². The lowest BCUT2D eigenvalue weighted by Gasteiger charge is -2.13. The van der Waals surface area contributed by atoms with Gasteiger partial charge in [-0.25, -0.2) is 15.0 Å². The smallest absolute Gasteiger partial charge is 0.164 e. The minimum Gasteiger partial charge on any atom is -0.308 e. The first-order chi connectivity index (χ1) is 27.3. The van der Waals surface area contributed by atoms with Gasteiger partial charge in [-0.3, -0.25) is 4.98 Å². The molecule has 5 nitrogen and oxygen atoms in total. The Balaban J connectivity index is 1.05. The van der Waals surface area contributed by atoms with Crippen molar-refractivity contribution < 1.29 is 0 Å². The van der Waals surface area contributed by atoms with Crippen LogP contribution in [-0.2, 0) is 0 Å². The van der Waals surface area contributed by atoms with Crippen molar-refractivity contribution in [2.75, 3.05) is 0 Å². The number of aromatic nitrogens is 5. The van der Waals surface area contributed by atoms with Crippen molar-refractivity contribution in [2.24, 2.45) is 0 Å². The average molecular weight is 700 g/mol. The maximum Gasteiger partial charge on any atom is 0.164 e. The molecule has 0 saturated heterocycles. The van der Waals surface area contributed by atoms with Gasteiger partial charge in [0.25, 0.3) is 0 Å². The van der Waals surface area contributed by atoms with Gasteiger partial charge in [-0.15, -0.1) is 0 Å². The highest BCUT2D eigenvalue weighted by molar-refractivity contribution is 6.27. The topological polar surface area (TPSA) is 56.0 Å². The molecular weight excluding hydrogens is 671 g/mol. The Morgan fingerprint density at radius 1 is 0.364 bits per heavy atom. The van der Waals surface area contributed by atoms with E-state index < -0.39 is 0 Å². The number of rotatable bonds is 4. The van der Waals surface area contributed by atoms with E-state index in [1.807, 2.05) is 66.9 Å². The van der Waals surface area contributed by atoms with Crippen molar-refractivity contribution in [3.8, 4) is 45.3 Å². The predicted octanol–water partition coefficient (Wildman–Crippen LogP) is 12.5. The first-order valence-corrected chi connectivity index (χ1v) is 18.6. The first-order valence-electron chi connectivity index (χ1n) is 18.6. The summed E-state index contributed by atoms with van der Waals surface area (Å²) in [5, 5.41) is 10.9. The molecule has 0 bridgehead atoms. The number of hydrogen-bond acceptors (Lipinski definition) is 4. The summed E-state index contributed by atoms with van der Waals surface area (Å²) in [6.45, 7) is 0. The standard InChI is InChI=1S/C50H29N5/c1-3-11-31(12-4-1)48-52-49(32-13-5-2-6-14-32)54-50(53-48)39-21-8-17-33-27-41-35(25-26-51-43(41)29-40(33)39)34-23-24-44-42(28-34)38-20-10-19-37-36-18-7-15-30-16-9-22-45(46(30)36)55(44)47(37)38/h1-29H. The number of fused-ring (bicyclic) bond motifs is 7. The molecule has 0 aliphatic heterocycles. The van der Waals surface area contributed by atoms with E-state index in [-0.39, 0.29) is 0 Å². The molecule has 12 aromatic rings. The lowest BCUT2D eigenvalue weighted by atomic mass is 9.95. The third kappa shape index (κ3) is 4.47. The molecular formula is C50H29N5. The predicted molar refractivity (Wildman–Crippen MR) is 227 cm³/mol. The molecule has 0 unspecified atom stereocenters. The summed E-state index contributed by atoms with van der Waals surface area (Å²) in [6, 6.07) is 60.1. The summed E-state index contributed by atoms with van der Waals surface area (Å²) >= 11 is 0. The molecule has 4 heterocycles. The molecule has 0 fully saturated rings. The molecule has 5 heteroatoms. The molecule has 0 aliphatic carbocycles. The summed E-state index contributed by atoms with van der Waals surface area (Å²) < 4.78 is 2.46. The monoisotopic (exact) mass is 699 g/mol. The molecule has 4 aromatic heterocycles. The Labute approximate surface area is 315 Å². The zero-order valence-electron chi connectivity index (χ0n) is 29.5. The molecule has 0 atom stereocenters. The van der Waals surface area contributed by atoms with E-state index in [0.717, 1.165) is 49.5 Å². The number of pyridine rings is 2. The van der Waals surface area contributed by atoms with E-state index >= 15 is 0 Å². The number of benzene rings is 8. The van der Waals surface area contributed by atoms with Crippen LogP contribution in [0, 0.1) is 0 Å². The van der Waals surface area contributed by atoms with Gasteiger partial charge >= 0.3 is 0 Å². The zero-order chi connectivity index (χ0) is 36.0. The fraction of sp³-hybridized carbons (Fsp3) is 0. The van der Waals surface area contributed by atoms with Gasteiger partial charge < -0.3 is 4.40 Å². The number of nitrogens with zero attached hydrogens (tertiary/aromatic N) is 5. The molecule has 254 valence electrons. The minimum atomic E-state index is 0.630. The van der Waals surface area contributed by atoms with Crippen LogP contribution in [0.25, 0.3) is 116 Å². The summed E-state index contributed by atoms with van der Waals surface area (Å²) in [4.78, 5) is 19.9. The highest BCUT2D eigenvalue weighted by Gasteiger charge is 2.19. The van der Waals surface area contributed by atoms with Crippen LogP contribution >= 0.6 is 0 Å². The maximum absolute atomic E-state index is 5.05. The number of para-hydroxylation sites is 1. The zero-order valence-corrected chi connectivity index (χ0v) is 29.5. The van der Waals surface area contributed by atoms with Gasteiger partial charge in [0.2, 0.25) is 0 Å². The second kappa shape index (κ2) is 11.5. The van der Waals surface area contributed by atoms with Crippen LogP contribution in [0.5, 0.6) is 0 Å². The Morgan fingerprint density at radius 3 is 1.80 bits per heavy atom. The van der Waals surface area contributed by atoms with Gasteiger partial charge in [-0.1, -0.05) is 133 Å². The lowest BCUT2D eigenvalue weighted by Crippen LogP contribution is -2.00. The largest absolute Gasteiger partial charge is 0.308 e. The van der Waals surface area contributed by atoms with Crippen LogP contribution in [0.2, 0.25) is 0 Å². The van der Waals surface area contributed by atoms with E-state index in [0.29, 0.717) is 17.5 Å². The van der Waals surface area contributed by atoms with Gasteiger partial charge in [0.1, 0.15) is 0 Å². The van der Waals surface area contributed by atoms with Crippen LogP contribution in [0.15, 0.2) is 176 Å². The molecule has 0 amide bonds. The van der Waals surface area contributed by atoms with E-state index in [9.17, 15) is 0 Å². The van der Waals surface area contributed by atoms with Crippen molar-refractivity contribution in [3.63, 3.8) is 0 Å².